The van der Waals surface area contributed by atoms with Gasteiger partial charge in [-0.15, -0.1) is 0 Å². The third-order valence-electron chi connectivity index (χ3n) is 3.80. The van der Waals surface area contributed by atoms with Gasteiger partial charge in [-0.3, -0.25) is 0 Å². The zero-order valence-corrected chi connectivity index (χ0v) is 14.0. The zero-order valence-electron chi connectivity index (χ0n) is 14.0. The van der Waals surface area contributed by atoms with Gasteiger partial charge in [-0.1, -0.05) is 71.1 Å². The molecule has 2 heteroatoms. The first-order chi connectivity index (χ1) is 9.77. The second-order valence-corrected chi connectivity index (χ2v) is 6.14. The van der Waals surface area contributed by atoms with Crippen LogP contribution in [0.1, 0.15) is 97.3 Å². The van der Waals surface area contributed by atoms with Crippen LogP contribution in [0, 0.1) is 0 Å². The lowest BCUT2D eigenvalue weighted by Gasteiger charge is -2.05. The lowest BCUT2D eigenvalue weighted by atomic mass is 10.0. The first-order valence-corrected chi connectivity index (χ1v) is 9.03. The normalized spacial score (nSPS) is 12.8. The highest BCUT2D eigenvalue weighted by atomic mass is 16.5. The maximum absolute atomic E-state index is 9.15. The molecule has 1 N–H and O–H groups in total. The maximum atomic E-state index is 9.15. The highest BCUT2D eigenvalue weighted by Crippen LogP contribution is 2.12. The topological polar surface area (TPSA) is 29.5 Å². The van der Waals surface area contributed by atoms with E-state index in [-0.39, 0.29) is 6.10 Å². The van der Waals surface area contributed by atoms with E-state index >= 15 is 0 Å². The summed E-state index contributed by atoms with van der Waals surface area (Å²) in [5.74, 6) is 0. The van der Waals surface area contributed by atoms with Gasteiger partial charge in [0.2, 0.25) is 0 Å². The number of ether oxygens (including phenoxy) is 1. The Morgan fingerprint density at radius 3 is 1.65 bits per heavy atom. The van der Waals surface area contributed by atoms with E-state index < -0.39 is 0 Å². The van der Waals surface area contributed by atoms with Gasteiger partial charge in [0.05, 0.1) is 6.10 Å². The molecule has 1 unspecified atom stereocenters. The van der Waals surface area contributed by atoms with Crippen LogP contribution in [0.25, 0.3) is 0 Å². The van der Waals surface area contributed by atoms with Crippen molar-refractivity contribution >= 4 is 0 Å². The van der Waals surface area contributed by atoms with Crippen molar-refractivity contribution < 1.29 is 9.84 Å². The summed E-state index contributed by atoms with van der Waals surface area (Å²) < 4.78 is 5.56. The summed E-state index contributed by atoms with van der Waals surface area (Å²) >= 11 is 0. The summed E-state index contributed by atoms with van der Waals surface area (Å²) in [4.78, 5) is 0. The van der Waals surface area contributed by atoms with Gasteiger partial charge in [0.25, 0.3) is 0 Å². The van der Waals surface area contributed by atoms with Crippen molar-refractivity contribution in [3.63, 3.8) is 0 Å². The molecule has 0 aromatic carbocycles. The quantitative estimate of drug-likeness (QED) is 0.381. The second kappa shape index (κ2) is 17.0. The fourth-order valence-electron chi connectivity index (χ4n) is 2.41. The first kappa shape index (κ1) is 19.9. The summed E-state index contributed by atoms with van der Waals surface area (Å²) in [7, 11) is 0. The smallest absolute Gasteiger partial charge is 0.0512 e. The Hall–Kier alpha value is -0.0800. The molecular weight excluding hydrogens is 248 g/mol. The van der Waals surface area contributed by atoms with Gasteiger partial charge in [-0.2, -0.15) is 0 Å². The van der Waals surface area contributed by atoms with Crippen molar-refractivity contribution in [1.82, 2.24) is 0 Å². The van der Waals surface area contributed by atoms with Crippen LogP contribution in [-0.2, 0) is 4.74 Å². The van der Waals surface area contributed by atoms with E-state index in [1.54, 1.807) is 0 Å². The van der Waals surface area contributed by atoms with Crippen LogP contribution in [0.2, 0.25) is 0 Å². The Labute approximate surface area is 127 Å². The van der Waals surface area contributed by atoms with Crippen LogP contribution in [0.4, 0.5) is 0 Å². The molecule has 2 nitrogen and oxygen atoms in total. The molecule has 0 radical (unpaired) electrons. The van der Waals surface area contributed by atoms with Gasteiger partial charge in [-0.25, -0.2) is 0 Å². The molecule has 0 heterocycles. The molecule has 0 spiro atoms. The molecule has 0 bridgehead atoms. The van der Waals surface area contributed by atoms with E-state index in [4.69, 9.17) is 9.84 Å². The van der Waals surface area contributed by atoms with E-state index in [1.165, 1.54) is 77.0 Å². The zero-order chi connectivity index (χ0) is 14.9. The van der Waals surface area contributed by atoms with E-state index in [1.807, 2.05) is 6.92 Å². The Kier molecular flexibility index (Phi) is 16.9. The molecule has 1 atom stereocenters. The van der Waals surface area contributed by atoms with Crippen molar-refractivity contribution in [2.24, 2.45) is 0 Å². The fraction of sp³-hybridized carbons (Fsp3) is 1.00. The molecule has 0 saturated carbocycles. The van der Waals surface area contributed by atoms with Crippen LogP contribution in [0.15, 0.2) is 0 Å². The predicted octanol–water partition coefficient (Wildman–Crippen LogP) is 5.48. The molecule has 122 valence electrons. The van der Waals surface area contributed by atoms with Gasteiger partial charge < -0.3 is 9.84 Å². The predicted molar refractivity (Wildman–Crippen MR) is 88.2 cm³/mol. The molecule has 0 aromatic rings. The largest absolute Gasteiger partial charge is 0.393 e. The van der Waals surface area contributed by atoms with Crippen molar-refractivity contribution in [1.29, 1.82) is 0 Å². The lowest BCUT2D eigenvalue weighted by Crippen LogP contribution is -1.98. The molecule has 0 saturated heterocycles. The van der Waals surface area contributed by atoms with Crippen LogP contribution in [0.3, 0.4) is 0 Å². The van der Waals surface area contributed by atoms with E-state index in [2.05, 4.69) is 6.92 Å². The molecule has 0 aromatic heterocycles. The number of hydrogen-bond acceptors (Lipinski definition) is 2. The van der Waals surface area contributed by atoms with Crippen molar-refractivity contribution in [2.75, 3.05) is 13.2 Å². The molecule has 0 amide bonds. The Balaban J connectivity index is 2.92. The lowest BCUT2D eigenvalue weighted by molar-refractivity contribution is 0.127. The Bertz CT molecular complexity index is 169. The minimum Gasteiger partial charge on any atom is -0.393 e. The number of hydrogen-bond donors (Lipinski definition) is 1. The van der Waals surface area contributed by atoms with E-state index in [9.17, 15) is 0 Å². The van der Waals surface area contributed by atoms with Crippen molar-refractivity contribution in [3.05, 3.63) is 0 Å². The molecule has 0 aliphatic rings. The molecule has 20 heavy (non-hydrogen) atoms. The molecule has 0 fully saturated rings. The fourth-order valence-corrected chi connectivity index (χ4v) is 2.41. The first-order valence-electron chi connectivity index (χ1n) is 9.03. The number of aliphatic hydroxyl groups is 1. The maximum Gasteiger partial charge on any atom is 0.0512 e. The van der Waals surface area contributed by atoms with Gasteiger partial charge in [0, 0.05) is 13.2 Å². The van der Waals surface area contributed by atoms with E-state index in [0.717, 1.165) is 19.6 Å². The number of aliphatic hydroxyl groups excluding tert-OH is 1. The minimum atomic E-state index is -0.110. The monoisotopic (exact) mass is 286 g/mol. The highest BCUT2D eigenvalue weighted by molar-refractivity contribution is 4.50. The number of rotatable bonds is 16. The van der Waals surface area contributed by atoms with Gasteiger partial charge in [0.1, 0.15) is 0 Å². The highest BCUT2D eigenvalue weighted by Gasteiger charge is 1.96. The van der Waals surface area contributed by atoms with Crippen LogP contribution in [0.5, 0.6) is 0 Å². The summed E-state index contributed by atoms with van der Waals surface area (Å²) in [6.07, 6.45) is 16.6. The second-order valence-electron chi connectivity index (χ2n) is 6.14. The van der Waals surface area contributed by atoms with Gasteiger partial charge in [0.15, 0.2) is 0 Å². The third-order valence-corrected chi connectivity index (χ3v) is 3.80. The number of unbranched alkanes of at least 4 members (excludes halogenated alkanes) is 10. The third kappa shape index (κ3) is 17.9. The van der Waals surface area contributed by atoms with E-state index in [0.29, 0.717) is 0 Å². The van der Waals surface area contributed by atoms with Crippen LogP contribution >= 0.6 is 0 Å². The summed E-state index contributed by atoms with van der Waals surface area (Å²) in [5.41, 5.74) is 0. The molecule has 0 aliphatic heterocycles. The Morgan fingerprint density at radius 1 is 0.700 bits per heavy atom. The standard InChI is InChI=1S/C18H38O2/c1-3-4-16-20-17-14-12-10-8-6-5-7-9-11-13-15-18(2)19/h18-19H,3-17H2,1-2H3. The van der Waals surface area contributed by atoms with Crippen LogP contribution < -0.4 is 0 Å². The molecule has 0 aliphatic carbocycles. The van der Waals surface area contributed by atoms with Crippen molar-refractivity contribution in [2.45, 2.75) is 103 Å². The molecule has 0 rings (SSSR count). The Morgan fingerprint density at radius 2 is 1.15 bits per heavy atom. The van der Waals surface area contributed by atoms with Crippen molar-refractivity contribution in [3.8, 4) is 0 Å². The van der Waals surface area contributed by atoms with Gasteiger partial charge >= 0.3 is 0 Å². The van der Waals surface area contributed by atoms with Gasteiger partial charge in [-0.05, 0) is 26.2 Å². The average Bonchev–Trinajstić information content (AvgIpc) is 2.43. The van der Waals surface area contributed by atoms with Crippen LogP contribution in [-0.4, -0.2) is 24.4 Å². The minimum absolute atomic E-state index is 0.110. The molecular formula is C18H38O2. The summed E-state index contributed by atoms with van der Waals surface area (Å²) in [5, 5.41) is 9.15. The average molecular weight is 286 g/mol. The summed E-state index contributed by atoms with van der Waals surface area (Å²) in [6, 6.07) is 0. The summed E-state index contributed by atoms with van der Waals surface area (Å²) in [6.45, 7) is 6.00. The SMILES string of the molecule is CCCCOCCCCCCCCCCCCC(C)O.